The lowest BCUT2D eigenvalue weighted by atomic mass is 10.1. The van der Waals surface area contributed by atoms with Gasteiger partial charge in [0.1, 0.15) is 24.1 Å². The number of aromatic amines is 1. The minimum Gasteiger partial charge on any atom is -0.393 e. The number of nitrogens with one attached hydrogen (secondary N) is 2. The van der Waals surface area contributed by atoms with E-state index in [-0.39, 0.29) is 22.8 Å². The molecule has 0 bridgehead atoms. The van der Waals surface area contributed by atoms with Crippen LogP contribution in [0, 0.1) is 5.92 Å². The Morgan fingerprint density at radius 3 is 2.74 bits per heavy atom. The van der Waals surface area contributed by atoms with Crippen LogP contribution in [0.4, 0.5) is 5.82 Å². The van der Waals surface area contributed by atoms with E-state index in [4.69, 9.17) is 21.1 Å². The summed E-state index contributed by atoms with van der Waals surface area (Å²) >= 11 is 6.20. The van der Waals surface area contributed by atoms with Crippen molar-refractivity contribution in [2.24, 2.45) is 5.92 Å². The summed E-state index contributed by atoms with van der Waals surface area (Å²) in [7, 11) is -5.11. The number of hydrogen-bond donors (Lipinski definition) is 7. The van der Waals surface area contributed by atoms with Gasteiger partial charge < -0.3 is 39.9 Å². The molecule has 214 valence electrons. The minimum absolute atomic E-state index is 0.0545. The van der Waals surface area contributed by atoms with E-state index in [1.807, 2.05) is 0 Å². The normalized spacial score (nSPS) is 29.2. The van der Waals surface area contributed by atoms with Crippen LogP contribution in [-0.4, -0.2) is 108 Å². The molecule has 5 rings (SSSR count). The number of tetrazole rings is 1. The Morgan fingerprint density at radius 1 is 1.31 bits per heavy atom. The molecule has 3 aromatic rings. The zero-order valence-corrected chi connectivity index (χ0v) is 22.4. The second-order valence-corrected chi connectivity index (χ2v) is 12.1. The van der Waals surface area contributed by atoms with Gasteiger partial charge in [0.25, 0.3) is 0 Å². The predicted octanol–water partition coefficient (Wildman–Crippen LogP) is -0.662. The number of rotatable bonds is 10. The number of aliphatic hydroxyl groups is 3. The minimum atomic E-state index is -5.11. The van der Waals surface area contributed by atoms with Crippen LogP contribution in [0.5, 0.6) is 0 Å². The van der Waals surface area contributed by atoms with Crippen molar-refractivity contribution >= 4 is 36.0 Å². The molecule has 1 saturated carbocycles. The van der Waals surface area contributed by atoms with Gasteiger partial charge in [0.15, 0.2) is 23.0 Å². The molecule has 2 aliphatic rings. The molecule has 17 nitrogen and oxygen atoms in total. The molecular weight excluding hydrogens is 561 g/mol. The average molecular weight is 590 g/mol. The summed E-state index contributed by atoms with van der Waals surface area (Å²) in [5.74, 6) is 0.812. The highest BCUT2D eigenvalue weighted by atomic mass is 35.5. The average Bonchev–Trinajstić information content (AvgIpc) is 3.67. The van der Waals surface area contributed by atoms with E-state index in [0.717, 1.165) is 19.3 Å². The van der Waals surface area contributed by atoms with Crippen LogP contribution < -0.4 is 5.32 Å². The second-order valence-electron chi connectivity index (χ2n) is 9.84. The van der Waals surface area contributed by atoms with Crippen LogP contribution in [0.2, 0.25) is 5.28 Å². The van der Waals surface area contributed by atoms with Crippen LogP contribution in [0.15, 0.2) is 6.20 Å². The van der Waals surface area contributed by atoms with Crippen molar-refractivity contribution in [2.45, 2.75) is 68.5 Å². The number of fused-ring (bicyclic) bond motifs is 1. The van der Waals surface area contributed by atoms with E-state index in [0.29, 0.717) is 17.1 Å². The Hall–Kier alpha value is -2.34. The maximum absolute atomic E-state index is 12.3. The van der Waals surface area contributed by atoms with Gasteiger partial charge in [-0.25, -0.2) is 4.68 Å². The molecule has 7 atom stereocenters. The summed E-state index contributed by atoms with van der Waals surface area (Å²) in [6.45, 7) is 0.440. The number of anilines is 1. The van der Waals surface area contributed by atoms with E-state index in [2.05, 4.69) is 47.9 Å². The molecule has 2 fully saturated rings. The molecule has 0 amide bonds. The number of halogens is 1. The fourth-order valence-electron chi connectivity index (χ4n) is 4.97. The molecule has 1 saturated heterocycles. The molecule has 0 radical (unpaired) electrons. The van der Waals surface area contributed by atoms with Crippen LogP contribution in [-0.2, 0) is 20.5 Å². The first-order valence-electron chi connectivity index (χ1n) is 12.2. The topological polar surface area (TPSA) is 247 Å². The molecule has 1 aliphatic carbocycles. The Balaban J connectivity index is 1.37. The van der Waals surface area contributed by atoms with Crippen LogP contribution >= 0.6 is 19.2 Å². The maximum atomic E-state index is 12.3. The smallest absolute Gasteiger partial charge is 0.359 e. The highest BCUT2D eigenvalue weighted by Gasteiger charge is 2.52. The number of H-pyrrole nitrogens is 1. The molecule has 1 unspecified atom stereocenters. The summed E-state index contributed by atoms with van der Waals surface area (Å²) in [6, 6.07) is 0.201. The monoisotopic (exact) mass is 589 g/mol. The lowest BCUT2D eigenvalue weighted by Gasteiger charge is -2.32. The largest absolute Gasteiger partial charge is 0.393 e. The summed E-state index contributed by atoms with van der Waals surface area (Å²) < 4.78 is 24.8. The van der Waals surface area contributed by atoms with Crippen LogP contribution in [0.25, 0.3) is 11.0 Å². The van der Waals surface area contributed by atoms with Crippen molar-refractivity contribution in [3.05, 3.63) is 17.3 Å². The van der Waals surface area contributed by atoms with E-state index in [1.54, 1.807) is 0 Å². The number of aliphatic hydroxyl groups excluding tert-OH is 3. The number of ether oxygens (including phenoxy) is 2. The Labute approximate surface area is 226 Å². The highest BCUT2D eigenvalue weighted by molar-refractivity contribution is 7.53. The summed E-state index contributed by atoms with van der Waals surface area (Å²) in [5, 5.41) is 49.9. The zero-order chi connectivity index (χ0) is 27.9. The van der Waals surface area contributed by atoms with Crippen LogP contribution in [0.3, 0.4) is 0 Å². The summed E-state index contributed by atoms with van der Waals surface area (Å²) in [5.41, 5.74) is 0.248. The van der Waals surface area contributed by atoms with E-state index >= 15 is 0 Å². The molecule has 39 heavy (non-hydrogen) atoms. The fourth-order valence-corrected chi connectivity index (χ4v) is 5.91. The van der Waals surface area contributed by atoms with Gasteiger partial charge in [0, 0.05) is 6.04 Å². The van der Waals surface area contributed by atoms with E-state index < -0.39 is 57.1 Å². The van der Waals surface area contributed by atoms with Crippen molar-refractivity contribution < 1.29 is 39.1 Å². The van der Waals surface area contributed by atoms with Gasteiger partial charge in [-0.3, -0.25) is 4.57 Å². The van der Waals surface area contributed by atoms with Gasteiger partial charge >= 0.3 is 7.60 Å². The van der Waals surface area contributed by atoms with Gasteiger partial charge in [0.2, 0.25) is 5.28 Å². The third-order valence-corrected chi connectivity index (χ3v) is 8.97. The van der Waals surface area contributed by atoms with E-state index in [1.165, 1.54) is 10.9 Å². The first-order chi connectivity index (χ1) is 18.5. The molecule has 19 heteroatoms. The second kappa shape index (κ2) is 10.9. The summed E-state index contributed by atoms with van der Waals surface area (Å²) in [6.07, 6.45) is -1.49. The van der Waals surface area contributed by atoms with Gasteiger partial charge in [0.05, 0.1) is 31.2 Å². The van der Waals surface area contributed by atoms with E-state index in [9.17, 15) is 29.7 Å². The maximum Gasteiger partial charge on any atom is 0.359 e. The molecule has 1 aliphatic heterocycles. The molecule has 4 heterocycles. The third kappa shape index (κ3) is 5.38. The van der Waals surface area contributed by atoms with Crippen molar-refractivity contribution in [3.63, 3.8) is 0 Å². The van der Waals surface area contributed by atoms with Gasteiger partial charge in [-0.05, 0) is 30.4 Å². The van der Waals surface area contributed by atoms with Gasteiger partial charge in [-0.2, -0.15) is 20.3 Å². The third-order valence-electron chi connectivity index (χ3n) is 7.31. The highest BCUT2D eigenvalue weighted by Crippen LogP contribution is 2.53. The Morgan fingerprint density at radius 2 is 2.10 bits per heavy atom. The van der Waals surface area contributed by atoms with Crippen molar-refractivity contribution in [3.8, 4) is 0 Å². The van der Waals surface area contributed by atoms with Crippen molar-refractivity contribution in [2.75, 3.05) is 18.5 Å². The number of nitrogens with zero attached hydrogens (tertiary/aromatic N) is 7. The zero-order valence-electron chi connectivity index (χ0n) is 20.7. The predicted molar refractivity (Wildman–Crippen MR) is 132 cm³/mol. The summed E-state index contributed by atoms with van der Waals surface area (Å²) in [4.78, 5) is 28.5. The molecular formula is C20H29ClN9O8P. The van der Waals surface area contributed by atoms with Gasteiger partial charge in [-0.1, -0.05) is 18.6 Å². The number of aromatic nitrogens is 8. The standard InChI is InChI=1S/C20H29ClN9O8P/c1-9-3-2-4-11(9)23-16-10-6-22-30(17(10)25-19(21)24-16)18-15(33)14(32)12(38-18)7-37-20(8-31,39(34,35)36)5-13-26-28-29-27-13/h6,9,11-12,14-15,18,31-33H,2-5,7-8H2,1H3,(H,23,24,25)(H2,34,35,36)(H,26,27,28,29)/t9-,11+,12-,14-,15-,18-,20?/m1/s1. The van der Waals surface area contributed by atoms with Crippen molar-refractivity contribution in [1.29, 1.82) is 0 Å². The molecule has 7 N–H and O–H groups in total. The SMILES string of the molecule is C[C@@H]1CCC[C@@H]1Nc1nc(Cl)nc2c1cnn2[C@@H]1O[C@H](COC(CO)(Cc2nn[nH]n2)P(=O)(O)O)[C@@H](O)[C@H]1O. The fraction of sp³-hybridized carbons (Fsp3) is 0.700. The quantitative estimate of drug-likeness (QED) is 0.114. The van der Waals surface area contributed by atoms with Crippen LogP contribution in [0.1, 0.15) is 38.2 Å². The molecule has 3 aromatic heterocycles. The van der Waals surface area contributed by atoms with Crippen molar-refractivity contribution in [1.82, 2.24) is 40.4 Å². The number of hydrogen-bond acceptors (Lipinski definition) is 13. The lowest BCUT2D eigenvalue weighted by molar-refractivity contribution is -0.109. The Kier molecular flexibility index (Phi) is 7.89. The first kappa shape index (κ1) is 28.2. The first-order valence-corrected chi connectivity index (χ1v) is 14.2. The lowest BCUT2D eigenvalue weighted by Crippen LogP contribution is -2.43. The van der Waals surface area contributed by atoms with Gasteiger partial charge in [-0.15, -0.1) is 10.2 Å². The Bertz CT molecular complexity index is 1340. The molecule has 0 aromatic carbocycles. The molecule has 0 spiro atoms.